The van der Waals surface area contributed by atoms with E-state index in [2.05, 4.69) is 46.6 Å². The van der Waals surface area contributed by atoms with Gasteiger partial charge in [0, 0.05) is 63.2 Å². The lowest BCUT2D eigenvalue weighted by molar-refractivity contribution is 0.0700. The largest absolute Gasteiger partial charge is 0.383 e. The number of hydrogen-bond donors (Lipinski definition) is 0. The molecule has 120 valence electrons. The van der Waals surface area contributed by atoms with Gasteiger partial charge in [0.2, 0.25) is 0 Å². The average molecular weight is 303 g/mol. The summed E-state index contributed by atoms with van der Waals surface area (Å²) < 4.78 is 9.57. The maximum atomic E-state index is 5.43. The van der Waals surface area contributed by atoms with E-state index in [1.807, 2.05) is 17.2 Å². The molecule has 3 rings (SSSR count). The van der Waals surface area contributed by atoms with Crippen molar-refractivity contribution in [3.8, 4) is 0 Å². The van der Waals surface area contributed by atoms with E-state index in [4.69, 9.17) is 4.74 Å². The van der Waals surface area contributed by atoms with Crippen molar-refractivity contribution < 1.29 is 4.74 Å². The van der Waals surface area contributed by atoms with Crippen LogP contribution in [0.3, 0.4) is 0 Å². The summed E-state index contributed by atoms with van der Waals surface area (Å²) in [5.41, 5.74) is 3.76. The van der Waals surface area contributed by atoms with Crippen LogP contribution >= 0.6 is 0 Å². The molecule has 1 atom stereocenters. The lowest BCUT2D eigenvalue weighted by atomic mass is 10.0. The van der Waals surface area contributed by atoms with Crippen LogP contribution in [0, 0.1) is 0 Å². The van der Waals surface area contributed by atoms with Gasteiger partial charge >= 0.3 is 0 Å². The molecule has 0 unspecified atom stereocenters. The maximum absolute atomic E-state index is 5.43. The highest BCUT2D eigenvalue weighted by Gasteiger charge is 2.29. The van der Waals surface area contributed by atoms with Gasteiger partial charge in [-0.2, -0.15) is 5.10 Å². The lowest BCUT2D eigenvalue weighted by Gasteiger charge is -2.34. The number of hydrogen-bond acceptors (Lipinski definition) is 4. The third-order valence-electron chi connectivity index (χ3n) is 4.37. The van der Waals surface area contributed by atoms with Crippen molar-refractivity contribution in [2.24, 2.45) is 7.05 Å². The Kier molecular flexibility index (Phi) is 4.31. The summed E-state index contributed by atoms with van der Waals surface area (Å²) >= 11 is 0. The molecule has 0 fully saturated rings. The molecular weight excluding hydrogens is 278 g/mol. The van der Waals surface area contributed by atoms with Gasteiger partial charge in [0.05, 0.1) is 24.8 Å². The second-order valence-electron chi connectivity index (χ2n) is 6.39. The fourth-order valence-electron chi connectivity index (χ4n) is 3.09. The van der Waals surface area contributed by atoms with E-state index in [-0.39, 0.29) is 0 Å². The van der Waals surface area contributed by atoms with Gasteiger partial charge in [0.1, 0.15) is 0 Å². The SMILES string of the molecule is COC[C@H]1Cc2c(ncn2C)CN1Cc1cnn(C(C)C)c1. The predicted molar refractivity (Wildman–Crippen MR) is 84.4 cm³/mol. The average Bonchev–Trinajstić information content (AvgIpc) is 3.08. The third kappa shape index (κ3) is 2.94. The summed E-state index contributed by atoms with van der Waals surface area (Å²) in [7, 11) is 3.84. The second kappa shape index (κ2) is 6.22. The molecule has 2 aromatic heterocycles. The summed E-state index contributed by atoms with van der Waals surface area (Å²) in [6.07, 6.45) is 7.01. The fraction of sp³-hybridized carbons (Fsp3) is 0.625. The monoisotopic (exact) mass is 303 g/mol. The molecule has 1 aliphatic heterocycles. The number of aromatic nitrogens is 4. The lowest BCUT2D eigenvalue weighted by Crippen LogP contribution is -2.43. The molecule has 0 radical (unpaired) electrons. The zero-order valence-electron chi connectivity index (χ0n) is 13.9. The van der Waals surface area contributed by atoms with Crippen molar-refractivity contribution in [3.05, 3.63) is 35.7 Å². The Labute approximate surface area is 131 Å². The van der Waals surface area contributed by atoms with Gasteiger partial charge in [0.15, 0.2) is 0 Å². The number of imidazole rings is 1. The van der Waals surface area contributed by atoms with Crippen LogP contribution in [0.2, 0.25) is 0 Å². The zero-order valence-corrected chi connectivity index (χ0v) is 13.9. The highest BCUT2D eigenvalue weighted by atomic mass is 16.5. The second-order valence-corrected chi connectivity index (χ2v) is 6.39. The minimum absolute atomic E-state index is 0.385. The number of aryl methyl sites for hydroxylation is 1. The summed E-state index contributed by atoms with van der Waals surface area (Å²) in [4.78, 5) is 6.98. The van der Waals surface area contributed by atoms with Gasteiger partial charge < -0.3 is 9.30 Å². The topological polar surface area (TPSA) is 48.1 Å². The van der Waals surface area contributed by atoms with Crippen molar-refractivity contribution in [3.63, 3.8) is 0 Å². The van der Waals surface area contributed by atoms with Crippen molar-refractivity contribution in [2.75, 3.05) is 13.7 Å². The Morgan fingerprint density at radius 2 is 2.23 bits per heavy atom. The first kappa shape index (κ1) is 15.2. The maximum Gasteiger partial charge on any atom is 0.0949 e. The van der Waals surface area contributed by atoms with Crippen LogP contribution in [-0.4, -0.2) is 44.0 Å². The zero-order chi connectivity index (χ0) is 15.7. The van der Waals surface area contributed by atoms with Crippen LogP contribution in [-0.2, 0) is 31.3 Å². The number of methoxy groups -OCH3 is 1. The highest BCUT2D eigenvalue weighted by molar-refractivity contribution is 5.19. The Balaban J connectivity index is 1.78. The van der Waals surface area contributed by atoms with E-state index >= 15 is 0 Å². The minimum atomic E-state index is 0.385. The van der Waals surface area contributed by atoms with Gasteiger partial charge in [-0.15, -0.1) is 0 Å². The first-order valence-corrected chi connectivity index (χ1v) is 7.83. The highest BCUT2D eigenvalue weighted by Crippen LogP contribution is 2.24. The molecule has 0 saturated heterocycles. The first-order chi connectivity index (χ1) is 10.6. The van der Waals surface area contributed by atoms with E-state index in [1.54, 1.807) is 7.11 Å². The number of nitrogens with zero attached hydrogens (tertiary/aromatic N) is 5. The van der Waals surface area contributed by atoms with Crippen LogP contribution in [0.4, 0.5) is 0 Å². The molecule has 2 aromatic rings. The van der Waals surface area contributed by atoms with E-state index in [0.29, 0.717) is 12.1 Å². The fourth-order valence-corrected chi connectivity index (χ4v) is 3.09. The Morgan fingerprint density at radius 1 is 1.41 bits per heavy atom. The van der Waals surface area contributed by atoms with Crippen LogP contribution < -0.4 is 0 Å². The Bertz CT molecular complexity index is 630. The van der Waals surface area contributed by atoms with Crippen molar-refractivity contribution in [1.82, 2.24) is 24.2 Å². The summed E-state index contributed by atoms with van der Waals surface area (Å²) in [5, 5.41) is 4.44. The van der Waals surface area contributed by atoms with Crippen molar-refractivity contribution in [1.29, 1.82) is 0 Å². The standard InChI is InChI=1S/C16H25N5O/c1-12(2)21-8-13(6-18-21)7-20-9-15-16(19(3)11-17-15)5-14(20)10-22-4/h6,8,11-12,14H,5,7,9-10H2,1-4H3/t14-/m1/s1. The van der Waals surface area contributed by atoms with Crippen molar-refractivity contribution in [2.45, 2.75) is 45.4 Å². The molecule has 1 aliphatic rings. The summed E-state index contributed by atoms with van der Waals surface area (Å²) in [6.45, 7) is 6.79. The summed E-state index contributed by atoms with van der Waals surface area (Å²) in [6, 6.07) is 0.780. The molecule has 6 heteroatoms. The van der Waals surface area contributed by atoms with Gasteiger partial charge in [-0.25, -0.2) is 4.98 Å². The van der Waals surface area contributed by atoms with Gasteiger partial charge in [0.25, 0.3) is 0 Å². The van der Waals surface area contributed by atoms with Crippen LogP contribution in [0.1, 0.15) is 36.8 Å². The normalized spacial score (nSPS) is 18.9. The third-order valence-corrected chi connectivity index (χ3v) is 4.37. The minimum Gasteiger partial charge on any atom is -0.383 e. The molecule has 3 heterocycles. The molecule has 0 amide bonds. The van der Waals surface area contributed by atoms with E-state index in [0.717, 1.165) is 26.1 Å². The number of ether oxygens (including phenoxy) is 1. The van der Waals surface area contributed by atoms with E-state index in [1.165, 1.54) is 17.0 Å². The summed E-state index contributed by atoms with van der Waals surface area (Å²) in [5.74, 6) is 0. The quantitative estimate of drug-likeness (QED) is 0.844. The van der Waals surface area contributed by atoms with Crippen molar-refractivity contribution >= 4 is 0 Å². The van der Waals surface area contributed by atoms with Crippen LogP contribution in [0.15, 0.2) is 18.7 Å². The number of fused-ring (bicyclic) bond motifs is 1. The number of rotatable bonds is 5. The smallest absolute Gasteiger partial charge is 0.0949 e. The molecule has 0 bridgehead atoms. The molecular formula is C16H25N5O. The van der Waals surface area contributed by atoms with Gasteiger partial charge in [-0.1, -0.05) is 0 Å². The molecule has 22 heavy (non-hydrogen) atoms. The predicted octanol–water partition coefficient (Wildman–Crippen LogP) is 1.77. The molecule has 0 aliphatic carbocycles. The van der Waals surface area contributed by atoms with E-state index < -0.39 is 0 Å². The Morgan fingerprint density at radius 3 is 2.91 bits per heavy atom. The molecule has 0 N–H and O–H groups in total. The van der Waals surface area contributed by atoms with Gasteiger partial charge in [-0.05, 0) is 13.8 Å². The molecule has 0 saturated carbocycles. The molecule has 6 nitrogen and oxygen atoms in total. The molecule has 0 aromatic carbocycles. The first-order valence-electron chi connectivity index (χ1n) is 7.83. The van der Waals surface area contributed by atoms with Gasteiger partial charge in [-0.3, -0.25) is 9.58 Å². The van der Waals surface area contributed by atoms with Crippen LogP contribution in [0.25, 0.3) is 0 Å². The van der Waals surface area contributed by atoms with E-state index in [9.17, 15) is 0 Å². The van der Waals surface area contributed by atoms with Crippen LogP contribution in [0.5, 0.6) is 0 Å². The molecule has 0 spiro atoms. The Hall–Kier alpha value is -1.66.